The van der Waals surface area contributed by atoms with Gasteiger partial charge in [-0.25, -0.2) is 0 Å². The third kappa shape index (κ3) is 3.02. The molecule has 0 aromatic carbocycles. The highest BCUT2D eigenvalue weighted by atomic mass is 15.3. The van der Waals surface area contributed by atoms with Crippen molar-refractivity contribution in [2.45, 2.75) is 82.8 Å². The second-order valence-corrected chi connectivity index (χ2v) is 7.95. The van der Waals surface area contributed by atoms with E-state index in [1.165, 1.54) is 71.0 Å². The fraction of sp³-hybridized carbons (Fsp3) is 1.00. The van der Waals surface area contributed by atoms with Crippen LogP contribution in [0.15, 0.2) is 0 Å². The molecule has 2 aliphatic heterocycles. The molecule has 0 spiro atoms. The smallest absolute Gasteiger partial charge is 0.0335 e. The second-order valence-electron chi connectivity index (χ2n) is 7.95. The highest BCUT2D eigenvalue weighted by Crippen LogP contribution is 2.40. The zero-order valence-electron chi connectivity index (χ0n) is 14.2. The van der Waals surface area contributed by atoms with Crippen LogP contribution in [0.5, 0.6) is 0 Å². The van der Waals surface area contributed by atoms with Crippen molar-refractivity contribution in [2.75, 3.05) is 26.2 Å². The zero-order valence-corrected chi connectivity index (χ0v) is 14.2. The molecule has 21 heavy (non-hydrogen) atoms. The first-order valence-electron chi connectivity index (χ1n) is 9.39. The summed E-state index contributed by atoms with van der Waals surface area (Å²) in [7, 11) is 0. The summed E-state index contributed by atoms with van der Waals surface area (Å²) < 4.78 is 0. The standard InChI is InChI=1S/C18H35N3/c1-3-5-16-7-9-18(14-19,10-8-16)21-13-17-6-4-11-20(17)12-15(21)2/h15-17H,3-14,19H2,1-2H3. The minimum Gasteiger partial charge on any atom is -0.329 e. The molecule has 3 rings (SSSR count). The summed E-state index contributed by atoms with van der Waals surface area (Å²) in [6.07, 6.45) is 11.1. The van der Waals surface area contributed by atoms with Gasteiger partial charge >= 0.3 is 0 Å². The Morgan fingerprint density at radius 1 is 1.14 bits per heavy atom. The highest BCUT2D eigenvalue weighted by molar-refractivity contribution is 5.02. The van der Waals surface area contributed by atoms with Crippen molar-refractivity contribution in [1.29, 1.82) is 0 Å². The van der Waals surface area contributed by atoms with Gasteiger partial charge < -0.3 is 5.73 Å². The molecule has 0 amide bonds. The number of rotatable bonds is 4. The fourth-order valence-electron chi connectivity index (χ4n) is 5.37. The number of nitrogens with two attached hydrogens (primary N) is 1. The maximum absolute atomic E-state index is 6.33. The third-order valence-electron chi connectivity index (χ3n) is 6.66. The molecule has 2 atom stereocenters. The Labute approximate surface area is 131 Å². The van der Waals surface area contributed by atoms with Crippen LogP contribution in [0.1, 0.15) is 65.2 Å². The second kappa shape index (κ2) is 6.55. The monoisotopic (exact) mass is 293 g/mol. The molecular formula is C18H35N3. The molecule has 3 fully saturated rings. The minimum absolute atomic E-state index is 0.318. The van der Waals surface area contributed by atoms with E-state index in [1.54, 1.807) is 0 Å². The number of piperazine rings is 1. The van der Waals surface area contributed by atoms with Gasteiger partial charge in [0.1, 0.15) is 0 Å². The lowest BCUT2D eigenvalue weighted by Gasteiger charge is -2.54. The van der Waals surface area contributed by atoms with E-state index in [9.17, 15) is 0 Å². The van der Waals surface area contributed by atoms with Crippen LogP contribution in [-0.2, 0) is 0 Å². The van der Waals surface area contributed by atoms with E-state index < -0.39 is 0 Å². The van der Waals surface area contributed by atoms with Gasteiger partial charge in [-0.05, 0) is 57.9 Å². The van der Waals surface area contributed by atoms with Crippen molar-refractivity contribution in [3.8, 4) is 0 Å². The summed E-state index contributed by atoms with van der Waals surface area (Å²) in [5, 5.41) is 0. The van der Waals surface area contributed by atoms with Crippen LogP contribution in [0, 0.1) is 5.92 Å². The molecule has 3 heteroatoms. The molecular weight excluding hydrogens is 258 g/mol. The molecule has 3 aliphatic rings. The molecule has 1 aliphatic carbocycles. The Morgan fingerprint density at radius 3 is 2.57 bits per heavy atom. The largest absolute Gasteiger partial charge is 0.329 e. The topological polar surface area (TPSA) is 32.5 Å². The van der Waals surface area contributed by atoms with Gasteiger partial charge in [0.05, 0.1) is 0 Å². The zero-order chi connectivity index (χ0) is 14.9. The molecule has 2 N–H and O–H groups in total. The quantitative estimate of drug-likeness (QED) is 0.865. The third-order valence-corrected chi connectivity index (χ3v) is 6.66. The van der Waals surface area contributed by atoms with Crippen LogP contribution >= 0.6 is 0 Å². The molecule has 2 heterocycles. The maximum atomic E-state index is 6.33. The summed E-state index contributed by atoms with van der Waals surface area (Å²) in [4.78, 5) is 5.57. The van der Waals surface area contributed by atoms with Crippen LogP contribution < -0.4 is 5.73 Å². The fourth-order valence-corrected chi connectivity index (χ4v) is 5.37. The first-order chi connectivity index (χ1) is 10.2. The van der Waals surface area contributed by atoms with E-state index in [1.807, 2.05) is 0 Å². The van der Waals surface area contributed by atoms with Crippen LogP contribution in [0.3, 0.4) is 0 Å². The van der Waals surface area contributed by atoms with Crippen LogP contribution in [-0.4, -0.2) is 53.6 Å². The van der Waals surface area contributed by atoms with Crippen molar-refractivity contribution < 1.29 is 0 Å². The Kier molecular flexibility index (Phi) is 4.92. The van der Waals surface area contributed by atoms with Gasteiger partial charge in [-0.15, -0.1) is 0 Å². The first kappa shape index (κ1) is 15.8. The molecule has 1 saturated carbocycles. The predicted molar refractivity (Wildman–Crippen MR) is 89.4 cm³/mol. The SMILES string of the molecule is CCCC1CCC(CN)(N2CC3CCCN3CC2C)CC1. The van der Waals surface area contributed by atoms with E-state index in [-0.39, 0.29) is 0 Å². The van der Waals surface area contributed by atoms with Gasteiger partial charge in [0, 0.05) is 37.3 Å². The molecule has 0 aromatic rings. The lowest BCUT2D eigenvalue weighted by Crippen LogP contribution is -2.66. The van der Waals surface area contributed by atoms with Crippen LogP contribution in [0.25, 0.3) is 0 Å². The van der Waals surface area contributed by atoms with Crippen LogP contribution in [0.2, 0.25) is 0 Å². The molecule has 0 bridgehead atoms. The Balaban J connectivity index is 1.68. The van der Waals surface area contributed by atoms with Crippen molar-refractivity contribution in [3.05, 3.63) is 0 Å². The summed E-state index contributed by atoms with van der Waals surface area (Å²) in [6, 6.07) is 1.50. The molecule has 2 saturated heterocycles. The van der Waals surface area contributed by atoms with Gasteiger partial charge in [0.2, 0.25) is 0 Å². The van der Waals surface area contributed by atoms with Crippen molar-refractivity contribution in [3.63, 3.8) is 0 Å². The van der Waals surface area contributed by atoms with Gasteiger partial charge in [-0.3, -0.25) is 9.80 Å². The van der Waals surface area contributed by atoms with E-state index >= 15 is 0 Å². The maximum Gasteiger partial charge on any atom is 0.0335 e. The molecule has 3 nitrogen and oxygen atoms in total. The van der Waals surface area contributed by atoms with Crippen LogP contribution in [0.4, 0.5) is 0 Å². The number of nitrogens with zero attached hydrogens (tertiary/aromatic N) is 2. The molecule has 0 radical (unpaired) electrons. The summed E-state index contributed by atoms with van der Waals surface area (Å²) in [5.41, 5.74) is 6.65. The number of hydrogen-bond donors (Lipinski definition) is 1. The minimum atomic E-state index is 0.318. The van der Waals surface area contributed by atoms with E-state index in [2.05, 4.69) is 23.6 Å². The van der Waals surface area contributed by atoms with Crippen molar-refractivity contribution in [1.82, 2.24) is 9.80 Å². The summed E-state index contributed by atoms with van der Waals surface area (Å²) >= 11 is 0. The predicted octanol–water partition coefficient (Wildman–Crippen LogP) is 2.84. The van der Waals surface area contributed by atoms with Gasteiger partial charge in [-0.1, -0.05) is 19.8 Å². The van der Waals surface area contributed by atoms with E-state index in [4.69, 9.17) is 5.73 Å². The lowest BCUT2D eigenvalue weighted by atomic mass is 9.73. The Hall–Kier alpha value is -0.120. The Morgan fingerprint density at radius 2 is 1.90 bits per heavy atom. The molecule has 122 valence electrons. The number of fused-ring (bicyclic) bond motifs is 1. The highest BCUT2D eigenvalue weighted by Gasteiger charge is 2.45. The normalized spacial score (nSPS) is 42.1. The van der Waals surface area contributed by atoms with Gasteiger partial charge in [0.25, 0.3) is 0 Å². The first-order valence-corrected chi connectivity index (χ1v) is 9.39. The number of hydrogen-bond acceptors (Lipinski definition) is 3. The Bertz CT molecular complexity index is 335. The average Bonchev–Trinajstić information content (AvgIpc) is 2.95. The van der Waals surface area contributed by atoms with Crippen molar-refractivity contribution >= 4 is 0 Å². The van der Waals surface area contributed by atoms with Gasteiger partial charge in [-0.2, -0.15) is 0 Å². The average molecular weight is 293 g/mol. The van der Waals surface area contributed by atoms with Crippen molar-refractivity contribution in [2.24, 2.45) is 11.7 Å². The summed E-state index contributed by atoms with van der Waals surface area (Å²) in [6.45, 7) is 9.50. The lowest BCUT2D eigenvalue weighted by molar-refractivity contribution is -0.0441. The van der Waals surface area contributed by atoms with E-state index in [0.717, 1.165) is 18.5 Å². The molecule has 0 aromatic heterocycles. The van der Waals surface area contributed by atoms with Gasteiger partial charge in [0.15, 0.2) is 0 Å². The summed E-state index contributed by atoms with van der Waals surface area (Å²) in [5.74, 6) is 0.970. The van der Waals surface area contributed by atoms with E-state index in [0.29, 0.717) is 11.6 Å². The molecule has 2 unspecified atom stereocenters.